The average molecular weight is 142 g/mol. The van der Waals surface area contributed by atoms with Gasteiger partial charge in [-0.1, -0.05) is 6.08 Å². The van der Waals surface area contributed by atoms with Crippen LogP contribution in [0, 0.1) is 0 Å². The van der Waals surface area contributed by atoms with Gasteiger partial charge in [-0.25, -0.2) is 0 Å². The predicted molar refractivity (Wildman–Crippen MR) is 38.0 cm³/mol. The smallest absolute Gasteiger partial charge is 0.246 e. The third-order valence-electron chi connectivity index (χ3n) is 1.12. The normalized spacial score (nSPS) is 14.6. The topological polar surface area (TPSA) is 86.6 Å². The second kappa shape index (κ2) is 3.68. The van der Waals surface area contributed by atoms with E-state index in [1.165, 1.54) is 0 Å². The van der Waals surface area contributed by atoms with E-state index in [-0.39, 0.29) is 11.4 Å². The van der Waals surface area contributed by atoms with Crippen molar-refractivity contribution in [2.75, 3.05) is 6.54 Å². The molecule has 0 spiro atoms. The van der Waals surface area contributed by atoms with Crippen molar-refractivity contribution in [2.45, 2.75) is 0 Å². The van der Waals surface area contributed by atoms with Gasteiger partial charge in [-0.05, 0) is 12.3 Å². The first-order valence-electron chi connectivity index (χ1n) is 2.69. The van der Waals surface area contributed by atoms with Crippen LogP contribution in [0.15, 0.2) is 23.9 Å². The molecule has 0 aromatic heterocycles. The Hall–Kier alpha value is -1.29. The number of primary amides is 1. The van der Waals surface area contributed by atoms with E-state index in [0.29, 0.717) is 12.1 Å². The number of amides is 1. The van der Waals surface area contributed by atoms with Crippen molar-refractivity contribution in [1.29, 1.82) is 0 Å². The lowest BCUT2D eigenvalue weighted by molar-refractivity contribution is -0.114. The van der Waals surface area contributed by atoms with E-state index in [9.17, 15) is 4.79 Å². The molecular weight excluding hydrogens is 132 g/mol. The lowest BCUT2D eigenvalue weighted by atomic mass is 10.2. The minimum Gasteiger partial charge on any atom is -0.412 e. The van der Waals surface area contributed by atoms with E-state index in [1.54, 1.807) is 18.4 Å². The molecule has 10 heavy (non-hydrogen) atoms. The molecule has 0 atom stereocenters. The molecule has 0 radical (unpaired) electrons. The van der Waals surface area contributed by atoms with Gasteiger partial charge in [0.1, 0.15) is 0 Å². The minimum absolute atomic E-state index is 0. The Morgan fingerprint density at radius 3 is 2.70 bits per heavy atom. The van der Waals surface area contributed by atoms with Gasteiger partial charge in [0.2, 0.25) is 5.91 Å². The maximum Gasteiger partial charge on any atom is 0.246 e. The Kier molecular flexibility index (Phi) is 3.21. The molecule has 0 aromatic rings. The highest BCUT2D eigenvalue weighted by molar-refractivity contribution is 5.92. The van der Waals surface area contributed by atoms with Gasteiger partial charge in [0, 0.05) is 12.1 Å². The molecule has 4 nitrogen and oxygen atoms in total. The highest BCUT2D eigenvalue weighted by atomic mass is 16.1. The summed E-state index contributed by atoms with van der Waals surface area (Å²) >= 11 is 0. The Morgan fingerprint density at radius 2 is 2.40 bits per heavy atom. The van der Waals surface area contributed by atoms with Crippen LogP contribution >= 0.6 is 0 Å². The summed E-state index contributed by atoms with van der Waals surface area (Å²) in [6, 6.07) is 0. The largest absolute Gasteiger partial charge is 0.412 e. The molecule has 0 bridgehead atoms. The number of dihydropyridines is 1. The predicted octanol–water partition coefficient (Wildman–Crippen LogP) is -1.31. The van der Waals surface area contributed by atoms with Crippen LogP contribution in [0.2, 0.25) is 0 Å². The van der Waals surface area contributed by atoms with Crippen molar-refractivity contribution in [1.82, 2.24) is 5.32 Å². The standard InChI is InChI=1S/C6H8N2O.H2O/c7-6(9)5-2-1-3-8-4-5;/h1-3,8H,4H2,(H2,7,9);1H2. The van der Waals surface area contributed by atoms with Gasteiger partial charge >= 0.3 is 0 Å². The third kappa shape index (κ3) is 1.91. The van der Waals surface area contributed by atoms with E-state index in [4.69, 9.17) is 5.73 Å². The molecule has 5 N–H and O–H groups in total. The van der Waals surface area contributed by atoms with Crippen LogP contribution in [0.1, 0.15) is 0 Å². The fourth-order valence-electron chi connectivity index (χ4n) is 0.629. The van der Waals surface area contributed by atoms with Gasteiger partial charge in [-0.3, -0.25) is 4.79 Å². The van der Waals surface area contributed by atoms with E-state index in [1.807, 2.05) is 0 Å². The van der Waals surface area contributed by atoms with Gasteiger partial charge in [0.25, 0.3) is 0 Å². The quantitative estimate of drug-likeness (QED) is 0.476. The molecule has 56 valence electrons. The van der Waals surface area contributed by atoms with Crippen LogP contribution in [0.3, 0.4) is 0 Å². The second-order valence-corrected chi connectivity index (χ2v) is 1.80. The summed E-state index contributed by atoms with van der Waals surface area (Å²) in [7, 11) is 0. The lowest BCUT2D eigenvalue weighted by Gasteiger charge is -2.05. The molecule has 0 aliphatic carbocycles. The molecule has 0 unspecified atom stereocenters. The summed E-state index contributed by atoms with van der Waals surface area (Å²) in [4.78, 5) is 10.4. The Labute approximate surface area is 58.7 Å². The molecule has 0 fully saturated rings. The fourth-order valence-corrected chi connectivity index (χ4v) is 0.629. The Bertz CT molecular complexity index is 184. The number of rotatable bonds is 1. The summed E-state index contributed by atoms with van der Waals surface area (Å²) in [5.41, 5.74) is 5.61. The number of carbonyl (C=O) groups is 1. The number of carbonyl (C=O) groups excluding carboxylic acids is 1. The van der Waals surface area contributed by atoms with Gasteiger partial charge in [0.15, 0.2) is 0 Å². The van der Waals surface area contributed by atoms with Gasteiger partial charge in [-0.2, -0.15) is 0 Å². The lowest BCUT2D eigenvalue weighted by Crippen LogP contribution is -2.23. The number of allylic oxidation sites excluding steroid dienone is 2. The highest BCUT2D eigenvalue weighted by Gasteiger charge is 2.02. The summed E-state index contributed by atoms with van der Waals surface area (Å²) in [6.07, 6.45) is 5.23. The molecule has 1 aliphatic rings. The molecule has 1 aliphatic heterocycles. The van der Waals surface area contributed by atoms with Crippen molar-refractivity contribution in [2.24, 2.45) is 5.73 Å². The number of hydrogen-bond donors (Lipinski definition) is 2. The van der Waals surface area contributed by atoms with E-state index in [0.717, 1.165) is 0 Å². The van der Waals surface area contributed by atoms with Crippen molar-refractivity contribution in [3.63, 3.8) is 0 Å². The molecule has 0 saturated carbocycles. The number of hydrogen-bond acceptors (Lipinski definition) is 2. The first kappa shape index (κ1) is 8.71. The van der Waals surface area contributed by atoms with Crippen LogP contribution < -0.4 is 11.1 Å². The molecule has 0 saturated heterocycles. The molecular formula is C6H10N2O2. The summed E-state index contributed by atoms with van der Waals surface area (Å²) in [5, 5.41) is 2.87. The van der Waals surface area contributed by atoms with Crippen LogP contribution in [-0.4, -0.2) is 17.9 Å². The summed E-state index contributed by atoms with van der Waals surface area (Å²) in [6.45, 7) is 0.547. The zero-order chi connectivity index (χ0) is 6.69. The molecule has 1 amide bonds. The monoisotopic (exact) mass is 142 g/mol. The summed E-state index contributed by atoms with van der Waals surface area (Å²) in [5.74, 6) is -0.355. The number of nitrogens with two attached hydrogens (primary N) is 1. The zero-order valence-electron chi connectivity index (χ0n) is 5.42. The van der Waals surface area contributed by atoms with Gasteiger partial charge in [-0.15, -0.1) is 0 Å². The van der Waals surface area contributed by atoms with Crippen LogP contribution in [-0.2, 0) is 4.79 Å². The number of nitrogens with one attached hydrogen (secondary N) is 1. The van der Waals surface area contributed by atoms with E-state index in [2.05, 4.69) is 5.32 Å². The van der Waals surface area contributed by atoms with Gasteiger partial charge < -0.3 is 16.5 Å². The van der Waals surface area contributed by atoms with Crippen LogP contribution in [0.5, 0.6) is 0 Å². The van der Waals surface area contributed by atoms with E-state index >= 15 is 0 Å². The molecule has 1 rings (SSSR count). The van der Waals surface area contributed by atoms with Crippen molar-refractivity contribution in [3.8, 4) is 0 Å². The van der Waals surface area contributed by atoms with Crippen LogP contribution in [0.4, 0.5) is 0 Å². The van der Waals surface area contributed by atoms with E-state index < -0.39 is 0 Å². The van der Waals surface area contributed by atoms with Crippen molar-refractivity contribution < 1.29 is 10.3 Å². The highest BCUT2D eigenvalue weighted by Crippen LogP contribution is 1.95. The van der Waals surface area contributed by atoms with Crippen LogP contribution in [0.25, 0.3) is 0 Å². The zero-order valence-corrected chi connectivity index (χ0v) is 5.42. The fraction of sp³-hybridized carbons (Fsp3) is 0.167. The molecule has 4 heteroatoms. The Morgan fingerprint density at radius 1 is 1.70 bits per heavy atom. The SMILES string of the molecule is NC(=O)C1=CC=CNC1.O. The molecule has 0 aromatic carbocycles. The Balaban J connectivity index is 0.000000810. The van der Waals surface area contributed by atoms with Gasteiger partial charge in [0.05, 0.1) is 0 Å². The third-order valence-corrected chi connectivity index (χ3v) is 1.12. The second-order valence-electron chi connectivity index (χ2n) is 1.80. The first-order chi connectivity index (χ1) is 4.30. The summed E-state index contributed by atoms with van der Waals surface area (Å²) < 4.78 is 0. The maximum absolute atomic E-state index is 10.4. The van der Waals surface area contributed by atoms with Crippen molar-refractivity contribution in [3.05, 3.63) is 23.9 Å². The average Bonchev–Trinajstić information content (AvgIpc) is 1.90. The molecule has 1 heterocycles. The maximum atomic E-state index is 10.4. The first-order valence-corrected chi connectivity index (χ1v) is 2.69. The van der Waals surface area contributed by atoms with Crippen molar-refractivity contribution >= 4 is 5.91 Å². The minimum atomic E-state index is -0.355.